The van der Waals surface area contributed by atoms with Gasteiger partial charge in [0.1, 0.15) is 12.3 Å². The molecule has 1 N–H and O–H groups in total. The maximum absolute atomic E-state index is 13.6. The summed E-state index contributed by atoms with van der Waals surface area (Å²) < 4.78 is 5.52. The predicted molar refractivity (Wildman–Crippen MR) is 146 cm³/mol. The number of carbonyl (C=O) groups is 2. The Morgan fingerprint density at radius 1 is 0.919 bits per heavy atom. The van der Waals surface area contributed by atoms with Gasteiger partial charge >= 0.3 is 5.97 Å². The SMILES string of the molecule is CCCN(CCC1CCc2c(cccc2OCC(=O)O)C1)C(=O)CN(c1ccccc1)c1ccccc1. The minimum atomic E-state index is -0.968. The van der Waals surface area contributed by atoms with E-state index in [9.17, 15) is 9.59 Å². The molecule has 1 aliphatic rings. The maximum atomic E-state index is 13.6. The molecule has 0 saturated carbocycles. The first-order valence-electron chi connectivity index (χ1n) is 13.2. The van der Waals surface area contributed by atoms with E-state index in [1.165, 1.54) is 5.56 Å². The van der Waals surface area contributed by atoms with E-state index in [-0.39, 0.29) is 12.5 Å². The highest BCUT2D eigenvalue weighted by Gasteiger charge is 2.24. The number of hydrogen-bond acceptors (Lipinski definition) is 4. The molecule has 0 fully saturated rings. The van der Waals surface area contributed by atoms with Crippen LogP contribution in [0.15, 0.2) is 78.9 Å². The van der Waals surface area contributed by atoms with E-state index >= 15 is 0 Å². The third-order valence-electron chi connectivity index (χ3n) is 6.97. The van der Waals surface area contributed by atoms with Crippen LogP contribution in [0.4, 0.5) is 11.4 Å². The molecule has 0 radical (unpaired) electrons. The Labute approximate surface area is 219 Å². The Morgan fingerprint density at radius 2 is 1.59 bits per heavy atom. The fraction of sp³-hybridized carbons (Fsp3) is 0.355. The normalized spacial score (nSPS) is 14.5. The van der Waals surface area contributed by atoms with Gasteiger partial charge in [0, 0.05) is 24.5 Å². The molecule has 0 bridgehead atoms. The van der Waals surface area contributed by atoms with Crippen LogP contribution in [0.2, 0.25) is 0 Å². The number of anilines is 2. The fourth-order valence-electron chi connectivity index (χ4n) is 5.12. The van der Waals surface area contributed by atoms with Crippen LogP contribution in [0.5, 0.6) is 5.75 Å². The molecule has 1 atom stereocenters. The lowest BCUT2D eigenvalue weighted by Crippen LogP contribution is -2.40. The Kier molecular flexibility index (Phi) is 9.19. The summed E-state index contributed by atoms with van der Waals surface area (Å²) in [5.74, 6) is 0.331. The van der Waals surface area contributed by atoms with Crippen molar-refractivity contribution >= 4 is 23.3 Å². The van der Waals surface area contributed by atoms with Gasteiger partial charge in [-0.2, -0.15) is 0 Å². The zero-order chi connectivity index (χ0) is 26.0. The Bertz CT molecular complexity index is 1130. The Balaban J connectivity index is 1.40. The van der Waals surface area contributed by atoms with Gasteiger partial charge in [-0.05, 0) is 79.5 Å². The van der Waals surface area contributed by atoms with Gasteiger partial charge in [0.05, 0.1) is 0 Å². The van der Waals surface area contributed by atoms with E-state index in [4.69, 9.17) is 9.84 Å². The molecule has 6 nitrogen and oxygen atoms in total. The first-order valence-corrected chi connectivity index (χ1v) is 13.2. The van der Waals surface area contributed by atoms with Crippen LogP contribution in [-0.2, 0) is 22.4 Å². The highest BCUT2D eigenvalue weighted by atomic mass is 16.5. The van der Waals surface area contributed by atoms with E-state index in [0.29, 0.717) is 18.2 Å². The number of carboxylic acids is 1. The summed E-state index contributed by atoms with van der Waals surface area (Å²) in [6, 6.07) is 26.0. The van der Waals surface area contributed by atoms with Crippen LogP contribution >= 0.6 is 0 Å². The number of carboxylic acid groups (broad SMARTS) is 1. The second-order valence-electron chi connectivity index (χ2n) is 9.61. The molecule has 3 aromatic rings. The smallest absolute Gasteiger partial charge is 0.341 e. The number of hydrogen-bond donors (Lipinski definition) is 1. The molecule has 4 rings (SSSR count). The summed E-state index contributed by atoms with van der Waals surface area (Å²) in [7, 11) is 0. The quantitative estimate of drug-likeness (QED) is 0.344. The number of benzene rings is 3. The summed E-state index contributed by atoms with van der Waals surface area (Å²) in [6.07, 6.45) is 4.66. The summed E-state index contributed by atoms with van der Waals surface area (Å²) in [5.41, 5.74) is 4.36. The van der Waals surface area contributed by atoms with Crippen molar-refractivity contribution in [1.82, 2.24) is 4.90 Å². The standard InChI is InChI=1S/C31H36N2O4/c1-2-19-32(30(34)22-33(26-11-5-3-6-12-26)27-13-7-4-8-14-27)20-18-24-16-17-28-25(21-24)10-9-15-29(28)37-23-31(35)36/h3-15,24H,2,16-23H2,1H3,(H,35,36). The summed E-state index contributed by atoms with van der Waals surface area (Å²) in [4.78, 5) is 28.6. The van der Waals surface area contributed by atoms with Gasteiger partial charge < -0.3 is 19.6 Å². The van der Waals surface area contributed by atoms with Crippen molar-refractivity contribution in [3.63, 3.8) is 0 Å². The lowest BCUT2D eigenvalue weighted by atomic mass is 9.82. The van der Waals surface area contributed by atoms with Crippen molar-refractivity contribution in [2.45, 2.75) is 39.0 Å². The average molecular weight is 501 g/mol. The van der Waals surface area contributed by atoms with Gasteiger partial charge in [-0.1, -0.05) is 55.5 Å². The molecule has 37 heavy (non-hydrogen) atoms. The largest absolute Gasteiger partial charge is 0.482 e. The van der Waals surface area contributed by atoms with Crippen molar-refractivity contribution in [1.29, 1.82) is 0 Å². The van der Waals surface area contributed by atoms with Crippen molar-refractivity contribution in [2.24, 2.45) is 5.92 Å². The minimum Gasteiger partial charge on any atom is -0.482 e. The molecule has 0 spiro atoms. The van der Waals surface area contributed by atoms with E-state index < -0.39 is 5.97 Å². The average Bonchev–Trinajstić information content (AvgIpc) is 2.93. The van der Waals surface area contributed by atoms with Crippen LogP contribution in [0, 0.1) is 5.92 Å². The predicted octanol–water partition coefficient (Wildman–Crippen LogP) is 5.72. The van der Waals surface area contributed by atoms with Gasteiger partial charge in [0.15, 0.2) is 6.61 Å². The zero-order valence-corrected chi connectivity index (χ0v) is 21.5. The minimum absolute atomic E-state index is 0.134. The van der Waals surface area contributed by atoms with Crippen molar-refractivity contribution < 1.29 is 19.4 Å². The fourth-order valence-corrected chi connectivity index (χ4v) is 5.12. The zero-order valence-electron chi connectivity index (χ0n) is 21.5. The molecule has 0 aromatic heterocycles. The van der Waals surface area contributed by atoms with E-state index in [1.54, 1.807) is 0 Å². The number of aliphatic carboxylic acids is 1. The number of fused-ring (bicyclic) bond motifs is 1. The van der Waals surface area contributed by atoms with Gasteiger partial charge in [0.25, 0.3) is 0 Å². The van der Waals surface area contributed by atoms with Gasteiger partial charge in [-0.3, -0.25) is 4.79 Å². The molecule has 1 aliphatic carbocycles. The molecular formula is C31H36N2O4. The number of ether oxygens (including phenoxy) is 1. The van der Waals surface area contributed by atoms with E-state index in [0.717, 1.165) is 62.1 Å². The Morgan fingerprint density at radius 3 is 2.22 bits per heavy atom. The molecular weight excluding hydrogens is 464 g/mol. The first kappa shape index (κ1) is 26.3. The number of nitrogens with zero attached hydrogens (tertiary/aromatic N) is 2. The van der Waals surface area contributed by atoms with Crippen LogP contribution in [0.1, 0.15) is 37.3 Å². The molecule has 1 unspecified atom stereocenters. The first-order chi connectivity index (χ1) is 18.0. The van der Waals surface area contributed by atoms with Crippen LogP contribution in [-0.4, -0.2) is 48.1 Å². The van der Waals surface area contributed by atoms with E-state index in [1.807, 2.05) is 77.7 Å². The van der Waals surface area contributed by atoms with Crippen molar-refractivity contribution in [3.05, 3.63) is 90.0 Å². The third kappa shape index (κ3) is 7.13. The molecule has 3 aromatic carbocycles. The lowest BCUT2D eigenvalue weighted by molar-refractivity contribution is -0.139. The molecule has 0 heterocycles. The van der Waals surface area contributed by atoms with Gasteiger partial charge in [-0.25, -0.2) is 4.79 Å². The molecule has 0 saturated heterocycles. The third-order valence-corrected chi connectivity index (χ3v) is 6.97. The van der Waals surface area contributed by atoms with Crippen molar-refractivity contribution in [2.75, 3.05) is 31.1 Å². The van der Waals surface area contributed by atoms with E-state index in [2.05, 4.69) is 17.9 Å². The molecule has 1 amide bonds. The highest BCUT2D eigenvalue weighted by molar-refractivity contribution is 5.84. The highest BCUT2D eigenvalue weighted by Crippen LogP contribution is 2.33. The number of para-hydroxylation sites is 2. The molecule has 6 heteroatoms. The summed E-state index contributed by atoms with van der Waals surface area (Å²) >= 11 is 0. The molecule has 194 valence electrons. The topological polar surface area (TPSA) is 70.1 Å². The number of carbonyl (C=O) groups excluding carboxylic acids is 1. The second-order valence-corrected chi connectivity index (χ2v) is 9.61. The second kappa shape index (κ2) is 12.9. The Hall–Kier alpha value is -3.80. The van der Waals surface area contributed by atoms with Gasteiger partial charge in [0.2, 0.25) is 5.91 Å². The number of amides is 1. The summed E-state index contributed by atoms with van der Waals surface area (Å²) in [6.45, 7) is 3.57. The summed E-state index contributed by atoms with van der Waals surface area (Å²) in [5, 5.41) is 8.96. The molecule has 0 aliphatic heterocycles. The lowest BCUT2D eigenvalue weighted by Gasteiger charge is -2.31. The van der Waals surface area contributed by atoms with Crippen LogP contribution in [0.3, 0.4) is 0 Å². The number of rotatable bonds is 12. The van der Waals surface area contributed by atoms with Crippen molar-refractivity contribution in [3.8, 4) is 5.75 Å². The van der Waals surface area contributed by atoms with Gasteiger partial charge in [-0.15, -0.1) is 0 Å². The van der Waals surface area contributed by atoms with Crippen LogP contribution in [0.25, 0.3) is 0 Å². The monoisotopic (exact) mass is 500 g/mol. The maximum Gasteiger partial charge on any atom is 0.341 e. The van der Waals surface area contributed by atoms with Crippen LogP contribution < -0.4 is 9.64 Å².